The van der Waals surface area contributed by atoms with Gasteiger partial charge in [0.05, 0.1) is 17.8 Å². The third-order valence-electron chi connectivity index (χ3n) is 5.34. The van der Waals surface area contributed by atoms with Gasteiger partial charge in [-0.3, -0.25) is 24.3 Å². The Balaban J connectivity index is 1.79. The molecular weight excluding hydrogens is 416 g/mol. The van der Waals surface area contributed by atoms with E-state index in [2.05, 4.69) is 10.3 Å². The van der Waals surface area contributed by atoms with Crippen molar-refractivity contribution in [3.05, 3.63) is 95.9 Å². The molecule has 3 aromatic rings. The van der Waals surface area contributed by atoms with E-state index in [0.717, 1.165) is 5.69 Å². The highest BCUT2D eigenvalue weighted by Gasteiger charge is 2.41. The molecule has 2 aromatic carbocycles. The van der Waals surface area contributed by atoms with Gasteiger partial charge in [0.1, 0.15) is 5.70 Å². The number of pyridine rings is 1. The molecule has 2 heterocycles. The summed E-state index contributed by atoms with van der Waals surface area (Å²) < 4.78 is 0. The third kappa shape index (κ3) is 4.52. The molecule has 0 aliphatic carbocycles. The third-order valence-corrected chi connectivity index (χ3v) is 5.34. The summed E-state index contributed by atoms with van der Waals surface area (Å²) in [6.45, 7) is 3.96. The lowest BCUT2D eigenvalue weighted by atomic mass is 10.0. The monoisotopic (exact) mass is 440 g/mol. The number of likely N-dealkylation sites (N-methyl/N-ethyl adjacent to an activating group) is 1. The predicted octanol–water partition coefficient (Wildman–Crippen LogP) is 3.85. The van der Waals surface area contributed by atoms with Gasteiger partial charge in [-0.25, -0.2) is 0 Å². The molecule has 1 N–H and O–H groups in total. The summed E-state index contributed by atoms with van der Waals surface area (Å²) in [6.07, 6.45) is 1.64. The molecular formula is C26H24N4O3. The summed E-state index contributed by atoms with van der Waals surface area (Å²) in [4.78, 5) is 45.9. The van der Waals surface area contributed by atoms with Crippen LogP contribution in [-0.4, -0.2) is 34.2 Å². The van der Waals surface area contributed by atoms with Crippen molar-refractivity contribution in [2.45, 2.75) is 20.4 Å². The maximum Gasteiger partial charge on any atom is 0.278 e. The van der Waals surface area contributed by atoms with Crippen LogP contribution < -0.4 is 10.2 Å². The highest BCUT2D eigenvalue weighted by atomic mass is 16.2. The van der Waals surface area contributed by atoms with Crippen molar-refractivity contribution in [1.82, 2.24) is 9.88 Å². The van der Waals surface area contributed by atoms with Gasteiger partial charge in [-0.05, 0) is 48.9 Å². The maximum absolute atomic E-state index is 13.6. The Morgan fingerprint density at radius 1 is 0.939 bits per heavy atom. The number of aromatic nitrogens is 1. The SMILES string of the molecule is CCN(C1=C(c2ccc(NC(C)=O)cc2)C(=O)N(Cc2ccccn2)C1=O)c1ccccc1. The molecule has 1 aliphatic rings. The van der Waals surface area contributed by atoms with Crippen molar-refractivity contribution in [3.63, 3.8) is 0 Å². The Hall–Kier alpha value is -4.26. The lowest BCUT2D eigenvalue weighted by Gasteiger charge is -2.24. The van der Waals surface area contributed by atoms with Crippen LogP contribution in [0.2, 0.25) is 0 Å². The maximum atomic E-state index is 13.6. The second-order valence-electron chi connectivity index (χ2n) is 7.58. The minimum Gasteiger partial charge on any atom is -0.337 e. The van der Waals surface area contributed by atoms with Gasteiger partial charge in [0.25, 0.3) is 11.8 Å². The van der Waals surface area contributed by atoms with Crippen molar-refractivity contribution in [2.24, 2.45) is 0 Å². The van der Waals surface area contributed by atoms with E-state index in [4.69, 9.17) is 0 Å². The van der Waals surface area contributed by atoms with Gasteiger partial charge in [-0.2, -0.15) is 0 Å². The molecule has 7 nitrogen and oxygen atoms in total. The first-order valence-corrected chi connectivity index (χ1v) is 10.7. The number of benzene rings is 2. The summed E-state index contributed by atoms with van der Waals surface area (Å²) in [5, 5.41) is 2.72. The van der Waals surface area contributed by atoms with E-state index in [9.17, 15) is 14.4 Å². The summed E-state index contributed by atoms with van der Waals surface area (Å²) in [7, 11) is 0. The molecule has 0 fully saturated rings. The number of nitrogens with one attached hydrogen (secondary N) is 1. The topological polar surface area (TPSA) is 82.6 Å². The van der Waals surface area contributed by atoms with Crippen molar-refractivity contribution < 1.29 is 14.4 Å². The number of imide groups is 1. The second kappa shape index (κ2) is 9.48. The molecule has 166 valence electrons. The number of hydrogen-bond donors (Lipinski definition) is 1. The average molecular weight is 441 g/mol. The second-order valence-corrected chi connectivity index (χ2v) is 7.58. The van der Waals surface area contributed by atoms with Gasteiger partial charge in [0, 0.05) is 31.0 Å². The number of rotatable bonds is 7. The van der Waals surface area contributed by atoms with Gasteiger partial charge in [0.15, 0.2) is 0 Å². The van der Waals surface area contributed by atoms with Crippen LogP contribution in [-0.2, 0) is 20.9 Å². The summed E-state index contributed by atoms with van der Waals surface area (Å²) in [5.41, 5.74) is 3.33. The van der Waals surface area contributed by atoms with E-state index in [0.29, 0.717) is 34.8 Å². The number of hydrogen-bond acceptors (Lipinski definition) is 5. The molecule has 33 heavy (non-hydrogen) atoms. The van der Waals surface area contributed by atoms with Gasteiger partial charge in [-0.15, -0.1) is 0 Å². The Labute approximate surface area is 192 Å². The van der Waals surface area contributed by atoms with Gasteiger partial charge < -0.3 is 10.2 Å². The van der Waals surface area contributed by atoms with Crippen LogP contribution in [0, 0.1) is 0 Å². The Morgan fingerprint density at radius 2 is 1.64 bits per heavy atom. The number of para-hydroxylation sites is 1. The molecule has 0 bridgehead atoms. The van der Waals surface area contributed by atoms with Gasteiger partial charge >= 0.3 is 0 Å². The number of carbonyl (C=O) groups is 3. The summed E-state index contributed by atoms with van der Waals surface area (Å²) >= 11 is 0. The molecule has 7 heteroatoms. The van der Waals surface area contributed by atoms with E-state index in [1.807, 2.05) is 48.2 Å². The zero-order valence-electron chi connectivity index (χ0n) is 18.5. The van der Waals surface area contributed by atoms with Crippen molar-refractivity contribution in [3.8, 4) is 0 Å². The first-order chi connectivity index (χ1) is 16.0. The van der Waals surface area contributed by atoms with Crippen LogP contribution in [0.3, 0.4) is 0 Å². The average Bonchev–Trinajstić information content (AvgIpc) is 3.06. The van der Waals surface area contributed by atoms with Crippen molar-refractivity contribution >= 4 is 34.7 Å². The zero-order valence-corrected chi connectivity index (χ0v) is 18.5. The molecule has 1 aliphatic heterocycles. The molecule has 0 saturated carbocycles. The fourth-order valence-corrected chi connectivity index (χ4v) is 3.87. The first kappa shape index (κ1) is 22.0. The predicted molar refractivity (Wildman–Crippen MR) is 127 cm³/mol. The van der Waals surface area contributed by atoms with Crippen LogP contribution in [0.5, 0.6) is 0 Å². The van der Waals surface area contributed by atoms with Crippen molar-refractivity contribution in [2.75, 3.05) is 16.8 Å². The lowest BCUT2D eigenvalue weighted by molar-refractivity contribution is -0.137. The Kier molecular flexibility index (Phi) is 6.31. The highest BCUT2D eigenvalue weighted by Crippen LogP contribution is 2.35. The van der Waals surface area contributed by atoms with E-state index >= 15 is 0 Å². The molecule has 0 atom stereocenters. The van der Waals surface area contributed by atoms with Crippen molar-refractivity contribution in [1.29, 1.82) is 0 Å². The van der Waals surface area contributed by atoms with E-state index in [1.165, 1.54) is 11.8 Å². The fourth-order valence-electron chi connectivity index (χ4n) is 3.87. The number of amides is 3. The van der Waals surface area contributed by atoms with E-state index < -0.39 is 0 Å². The van der Waals surface area contributed by atoms with Crippen LogP contribution in [0.1, 0.15) is 25.1 Å². The number of carbonyl (C=O) groups excluding carboxylic acids is 3. The molecule has 0 spiro atoms. The normalized spacial score (nSPS) is 13.5. The quantitative estimate of drug-likeness (QED) is 0.565. The fraction of sp³-hybridized carbons (Fsp3) is 0.154. The summed E-state index contributed by atoms with van der Waals surface area (Å²) in [6, 6.07) is 21.9. The largest absolute Gasteiger partial charge is 0.337 e. The van der Waals surface area contributed by atoms with Crippen LogP contribution in [0.15, 0.2) is 84.7 Å². The smallest absolute Gasteiger partial charge is 0.278 e. The number of nitrogens with zero attached hydrogens (tertiary/aromatic N) is 3. The Morgan fingerprint density at radius 3 is 2.24 bits per heavy atom. The summed E-state index contributed by atoms with van der Waals surface area (Å²) in [5.74, 6) is -0.919. The first-order valence-electron chi connectivity index (χ1n) is 10.7. The standard InChI is InChI=1S/C26H24N4O3/c1-3-29(22-10-5-4-6-11-22)24-23(19-12-14-20(15-13-19)28-18(2)31)25(32)30(26(24)33)17-21-9-7-8-16-27-21/h4-16H,3,17H2,1-2H3,(H,28,31). The molecule has 3 amide bonds. The molecule has 0 unspecified atom stereocenters. The molecule has 0 saturated heterocycles. The minimum absolute atomic E-state index is 0.0851. The van der Waals surface area contributed by atoms with E-state index in [1.54, 1.807) is 42.6 Å². The van der Waals surface area contributed by atoms with E-state index in [-0.39, 0.29) is 24.3 Å². The molecule has 1 aromatic heterocycles. The van der Waals surface area contributed by atoms with Crippen LogP contribution in [0.25, 0.3) is 5.57 Å². The van der Waals surface area contributed by atoms with Crippen LogP contribution in [0.4, 0.5) is 11.4 Å². The van der Waals surface area contributed by atoms with Gasteiger partial charge in [-0.1, -0.05) is 36.4 Å². The minimum atomic E-state index is -0.373. The molecule has 4 rings (SSSR count). The Bertz CT molecular complexity index is 1210. The van der Waals surface area contributed by atoms with Gasteiger partial charge in [0.2, 0.25) is 5.91 Å². The zero-order chi connectivity index (χ0) is 23.4. The lowest BCUT2D eigenvalue weighted by Crippen LogP contribution is -2.35. The number of anilines is 2. The van der Waals surface area contributed by atoms with Crippen LogP contribution >= 0.6 is 0 Å². The molecule has 0 radical (unpaired) electrons. The highest BCUT2D eigenvalue weighted by molar-refractivity contribution is 6.36.